The number of nitrogens with one attached hydrogen (secondary N) is 1. The third-order valence-corrected chi connectivity index (χ3v) is 2.61. The number of carbonyl (C=O) groups is 1. The number of carbonyl (C=O) groups excluding carboxylic acids is 1. The monoisotopic (exact) mass is 265 g/mol. The Hall–Kier alpha value is -1.78. The maximum atomic E-state index is 11.7. The van der Waals surface area contributed by atoms with Crippen LogP contribution in [-0.2, 0) is 4.74 Å². The number of nitrogens with two attached hydrogens (primary N) is 1. The molecule has 0 aromatic carbocycles. The van der Waals surface area contributed by atoms with Gasteiger partial charge in [-0.25, -0.2) is 9.78 Å². The summed E-state index contributed by atoms with van der Waals surface area (Å²) in [4.78, 5) is 15.9. The first kappa shape index (κ1) is 15.3. The van der Waals surface area contributed by atoms with Gasteiger partial charge in [-0.15, -0.1) is 0 Å². The Bertz CT molecular complexity index is 439. The molecule has 0 spiro atoms. The van der Waals surface area contributed by atoms with Crippen LogP contribution in [0.2, 0.25) is 0 Å². The molecule has 0 radical (unpaired) electrons. The van der Waals surface area contributed by atoms with Crippen molar-refractivity contribution in [3.8, 4) is 0 Å². The number of nitrogen functional groups attached to an aromatic ring is 1. The maximum Gasteiger partial charge on any atom is 0.340 e. The standard InChI is InChI=1S/C14H23N3O2/c1-5-19-13(18)10-8-12(17-9-11(10)15)16-7-6-14(2,3)4/h8-9H,5-7,15H2,1-4H3,(H,16,17). The minimum absolute atomic E-state index is 0.255. The molecule has 1 aromatic rings. The Morgan fingerprint density at radius 1 is 1.47 bits per heavy atom. The van der Waals surface area contributed by atoms with E-state index in [2.05, 4.69) is 31.1 Å². The average molecular weight is 265 g/mol. The number of ether oxygens (including phenoxy) is 1. The van der Waals surface area contributed by atoms with Crippen LogP contribution in [0.25, 0.3) is 0 Å². The minimum atomic E-state index is -0.415. The third-order valence-electron chi connectivity index (χ3n) is 2.61. The van der Waals surface area contributed by atoms with E-state index in [1.165, 1.54) is 6.20 Å². The molecule has 0 fully saturated rings. The molecule has 0 saturated heterocycles. The Balaban J connectivity index is 2.71. The molecule has 0 unspecified atom stereocenters. The number of esters is 1. The summed E-state index contributed by atoms with van der Waals surface area (Å²) in [5, 5.41) is 3.19. The zero-order valence-electron chi connectivity index (χ0n) is 12.1. The first-order valence-corrected chi connectivity index (χ1v) is 6.50. The summed E-state index contributed by atoms with van der Waals surface area (Å²) in [5.41, 5.74) is 6.67. The van der Waals surface area contributed by atoms with E-state index < -0.39 is 5.97 Å². The maximum absolute atomic E-state index is 11.7. The Morgan fingerprint density at radius 3 is 2.74 bits per heavy atom. The molecule has 0 saturated carbocycles. The van der Waals surface area contributed by atoms with Crippen molar-refractivity contribution < 1.29 is 9.53 Å². The fourth-order valence-electron chi connectivity index (χ4n) is 1.51. The van der Waals surface area contributed by atoms with E-state index in [-0.39, 0.29) is 5.41 Å². The SMILES string of the molecule is CCOC(=O)c1cc(NCCC(C)(C)C)ncc1N. The van der Waals surface area contributed by atoms with Crippen molar-refractivity contribution in [2.24, 2.45) is 5.41 Å². The van der Waals surface area contributed by atoms with Crippen molar-refractivity contribution in [2.45, 2.75) is 34.1 Å². The summed E-state index contributed by atoms with van der Waals surface area (Å²) in [6.07, 6.45) is 2.49. The van der Waals surface area contributed by atoms with Crippen LogP contribution in [0.4, 0.5) is 11.5 Å². The topological polar surface area (TPSA) is 77.2 Å². The normalized spacial score (nSPS) is 11.2. The molecule has 0 amide bonds. The number of anilines is 2. The zero-order chi connectivity index (χ0) is 14.5. The van der Waals surface area contributed by atoms with Gasteiger partial charge in [0.15, 0.2) is 0 Å². The van der Waals surface area contributed by atoms with Gasteiger partial charge in [0.1, 0.15) is 5.82 Å². The van der Waals surface area contributed by atoms with Gasteiger partial charge < -0.3 is 15.8 Å². The summed E-state index contributed by atoms with van der Waals surface area (Å²) in [6, 6.07) is 1.63. The van der Waals surface area contributed by atoms with Gasteiger partial charge in [-0.2, -0.15) is 0 Å². The summed E-state index contributed by atoms with van der Waals surface area (Å²) < 4.78 is 4.95. The van der Waals surface area contributed by atoms with Gasteiger partial charge in [0.25, 0.3) is 0 Å². The van der Waals surface area contributed by atoms with Crippen LogP contribution in [0.1, 0.15) is 44.5 Å². The predicted molar refractivity (Wildman–Crippen MR) is 77.2 cm³/mol. The minimum Gasteiger partial charge on any atom is -0.462 e. The van der Waals surface area contributed by atoms with Gasteiger partial charge in [0.2, 0.25) is 0 Å². The van der Waals surface area contributed by atoms with Crippen molar-refractivity contribution in [3.63, 3.8) is 0 Å². The van der Waals surface area contributed by atoms with Crippen LogP contribution in [0.3, 0.4) is 0 Å². The van der Waals surface area contributed by atoms with Crippen molar-refractivity contribution in [2.75, 3.05) is 24.2 Å². The molecular formula is C14H23N3O2. The molecule has 0 atom stereocenters. The second-order valence-corrected chi connectivity index (χ2v) is 5.61. The highest BCUT2D eigenvalue weighted by Gasteiger charge is 2.13. The lowest BCUT2D eigenvalue weighted by Gasteiger charge is -2.18. The van der Waals surface area contributed by atoms with Gasteiger partial charge >= 0.3 is 5.97 Å². The summed E-state index contributed by atoms with van der Waals surface area (Å²) >= 11 is 0. The molecular weight excluding hydrogens is 242 g/mol. The van der Waals surface area contributed by atoms with E-state index in [0.717, 1.165) is 13.0 Å². The molecule has 0 bridgehead atoms. The van der Waals surface area contributed by atoms with E-state index >= 15 is 0 Å². The molecule has 106 valence electrons. The molecule has 1 heterocycles. The fourth-order valence-corrected chi connectivity index (χ4v) is 1.51. The molecule has 0 aliphatic carbocycles. The van der Waals surface area contributed by atoms with Crippen LogP contribution in [0.15, 0.2) is 12.3 Å². The molecule has 5 heteroatoms. The number of rotatable bonds is 5. The van der Waals surface area contributed by atoms with Crippen molar-refractivity contribution in [1.82, 2.24) is 4.98 Å². The van der Waals surface area contributed by atoms with Crippen molar-refractivity contribution >= 4 is 17.5 Å². The summed E-state index contributed by atoms with van der Waals surface area (Å²) in [7, 11) is 0. The highest BCUT2D eigenvalue weighted by Crippen LogP contribution is 2.19. The van der Waals surface area contributed by atoms with E-state index in [1.54, 1.807) is 13.0 Å². The zero-order valence-corrected chi connectivity index (χ0v) is 12.1. The van der Waals surface area contributed by atoms with E-state index in [0.29, 0.717) is 23.7 Å². The Kier molecular flexibility index (Phi) is 5.15. The number of hydrogen-bond acceptors (Lipinski definition) is 5. The number of nitrogens with zero attached hydrogens (tertiary/aromatic N) is 1. The van der Waals surface area contributed by atoms with E-state index in [9.17, 15) is 4.79 Å². The van der Waals surface area contributed by atoms with Gasteiger partial charge in [-0.1, -0.05) is 20.8 Å². The number of hydrogen-bond donors (Lipinski definition) is 2. The molecule has 1 aromatic heterocycles. The first-order chi connectivity index (χ1) is 8.83. The van der Waals surface area contributed by atoms with Crippen molar-refractivity contribution in [3.05, 3.63) is 17.8 Å². The second kappa shape index (κ2) is 6.41. The largest absolute Gasteiger partial charge is 0.462 e. The third kappa shape index (κ3) is 5.16. The van der Waals surface area contributed by atoms with Gasteiger partial charge in [-0.3, -0.25) is 0 Å². The van der Waals surface area contributed by atoms with Gasteiger partial charge in [0, 0.05) is 6.54 Å². The highest BCUT2D eigenvalue weighted by molar-refractivity contribution is 5.95. The molecule has 19 heavy (non-hydrogen) atoms. The Labute approximate surface area is 114 Å². The molecule has 5 nitrogen and oxygen atoms in total. The van der Waals surface area contributed by atoms with E-state index in [4.69, 9.17) is 10.5 Å². The first-order valence-electron chi connectivity index (χ1n) is 6.50. The fraction of sp³-hybridized carbons (Fsp3) is 0.571. The van der Waals surface area contributed by atoms with Crippen LogP contribution < -0.4 is 11.1 Å². The van der Waals surface area contributed by atoms with Crippen LogP contribution >= 0.6 is 0 Å². The second-order valence-electron chi connectivity index (χ2n) is 5.61. The lowest BCUT2D eigenvalue weighted by atomic mass is 9.92. The number of pyridine rings is 1. The average Bonchev–Trinajstić information content (AvgIpc) is 2.30. The predicted octanol–water partition coefficient (Wildman–Crippen LogP) is 2.69. The smallest absolute Gasteiger partial charge is 0.340 e. The van der Waals surface area contributed by atoms with Gasteiger partial charge in [-0.05, 0) is 24.8 Å². The van der Waals surface area contributed by atoms with E-state index in [1.807, 2.05) is 0 Å². The van der Waals surface area contributed by atoms with Crippen LogP contribution in [0, 0.1) is 5.41 Å². The highest BCUT2D eigenvalue weighted by atomic mass is 16.5. The van der Waals surface area contributed by atoms with Crippen LogP contribution in [-0.4, -0.2) is 24.1 Å². The quantitative estimate of drug-likeness (QED) is 0.800. The number of aromatic nitrogens is 1. The lowest BCUT2D eigenvalue weighted by molar-refractivity contribution is 0.0527. The molecule has 3 N–H and O–H groups in total. The lowest BCUT2D eigenvalue weighted by Crippen LogP contribution is -2.14. The van der Waals surface area contributed by atoms with Gasteiger partial charge in [0.05, 0.1) is 24.1 Å². The molecule has 0 aliphatic rings. The summed E-state index contributed by atoms with van der Waals surface area (Å²) in [5.74, 6) is 0.225. The molecule has 0 aliphatic heterocycles. The van der Waals surface area contributed by atoms with Crippen molar-refractivity contribution in [1.29, 1.82) is 0 Å². The summed E-state index contributed by atoms with van der Waals surface area (Å²) in [6.45, 7) is 9.41. The molecule has 1 rings (SSSR count). The van der Waals surface area contributed by atoms with Crippen LogP contribution in [0.5, 0.6) is 0 Å². The Morgan fingerprint density at radius 2 is 2.16 bits per heavy atom.